The van der Waals surface area contributed by atoms with Crippen LogP contribution in [0.15, 0.2) is 12.4 Å². The highest BCUT2D eigenvalue weighted by Gasteiger charge is 2.23. The number of rotatable bonds is 5. The van der Waals surface area contributed by atoms with E-state index in [9.17, 15) is 8.42 Å². The van der Waals surface area contributed by atoms with E-state index in [4.69, 9.17) is 5.14 Å². The molecule has 0 saturated heterocycles. The van der Waals surface area contributed by atoms with Crippen LogP contribution < -0.4 is 10.5 Å². The number of hydrogen-bond acceptors (Lipinski definition) is 5. The van der Waals surface area contributed by atoms with Gasteiger partial charge in [0.1, 0.15) is 0 Å². The van der Waals surface area contributed by atoms with E-state index in [1.165, 1.54) is 24.8 Å². The van der Waals surface area contributed by atoms with Gasteiger partial charge in [-0.2, -0.15) is 0 Å². The van der Waals surface area contributed by atoms with Gasteiger partial charge in [-0.3, -0.25) is 0 Å². The molecular formula is C12H20N4O2S. The summed E-state index contributed by atoms with van der Waals surface area (Å²) in [6.45, 7) is 2.49. The van der Waals surface area contributed by atoms with E-state index in [0.717, 1.165) is 5.92 Å². The van der Waals surface area contributed by atoms with E-state index in [2.05, 4.69) is 22.2 Å². The molecule has 0 aliphatic heterocycles. The molecule has 1 aliphatic rings. The Morgan fingerprint density at radius 2 is 2.05 bits per heavy atom. The fourth-order valence-corrected chi connectivity index (χ4v) is 2.84. The Morgan fingerprint density at radius 1 is 1.37 bits per heavy atom. The first-order valence-electron chi connectivity index (χ1n) is 6.50. The van der Waals surface area contributed by atoms with Gasteiger partial charge in [-0.25, -0.2) is 23.5 Å². The zero-order valence-electron chi connectivity index (χ0n) is 11.0. The Kier molecular flexibility index (Phi) is 4.36. The Balaban J connectivity index is 1.88. The average Bonchev–Trinajstić information content (AvgIpc) is 2.75. The summed E-state index contributed by atoms with van der Waals surface area (Å²) in [5.74, 6) is 1.66. The minimum Gasteiger partial charge on any atom is -0.353 e. The summed E-state index contributed by atoms with van der Waals surface area (Å²) >= 11 is 0. The molecule has 7 heteroatoms. The number of anilines is 1. The molecule has 0 aromatic carbocycles. The highest BCUT2D eigenvalue weighted by Crippen LogP contribution is 2.37. The molecule has 19 heavy (non-hydrogen) atoms. The quantitative estimate of drug-likeness (QED) is 0.843. The molecule has 0 amide bonds. The third kappa shape index (κ3) is 4.43. The van der Waals surface area contributed by atoms with Crippen molar-refractivity contribution in [2.45, 2.75) is 32.1 Å². The second kappa shape index (κ2) is 5.83. The summed E-state index contributed by atoms with van der Waals surface area (Å²) in [6.07, 6.45) is 7.31. The number of hydrogen-bond donors (Lipinski definition) is 2. The Hall–Kier alpha value is -1.21. The topological polar surface area (TPSA) is 98.0 Å². The molecule has 1 aliphatic carbocycles. The molecule has 2 rings (SSSR count). The van der Waals surface area contributed by atoms with Gasteiger partial charge in [0.25, 0.3) is 0 Å². The molecule has 0 bridgehead atoms. The first kappa shape index (κ1) is 14.2. The van der Waals surface area contributed by atoms with Crippen LogP contribution in [0.3, 0.4) is 0 Å². The molecule has 0 radical (unpaired) electrons. The lowest BCUT2D eigenvalue weighted by Crippen LogP contribution is -2.22. The summed E-state index contributed by atoms with van der Waals surface area (Å²) in [4.78, 5) is 8.42. The molecule has 0 spiro atoms. The second-order valence-electron chi connectivity index (χ2n) is 5.25. The van der Waals surface area contributed by atoms with E-state index >= 15 is 0 Å². The highest BCUT2D eigenvalue weighted by atomic mass is 32.2. The molecule has 1 saturated carbocycles. The SMILES string of the molecule is CC1CC[C@@H](c2cnc(NCCS(N)(=O)=O)nc2)C1. The number of sulfonamides is 1. The fourth-order valence-electron chi connectivity index (χ4n) is 2.46. The summed E-state index contributed by atoms with van der Waals surface area (Å²) in [5.41, 5.74) is 1.17. The van der Waals surface area contributed by atoms with Crippen LogP contribution in [0.4, 0.5) is 5.95 Å². The van der Waals surface area contributed by atoms with Gasteiger partial charge in [-0.15, -0.1) is 0 Å². The van der Waals surface area contributed by atoms with Gasteiger partial charge in [-0.1, -0.05) is 13.3 Å². The van der Waals surface area contributed by atoms with Crippen molar-refractivity contribution in [2.24, 2.45) is 11.1 Å². The van der Waals surface area contributed by atoms with Crippen molar-refractivity contribution in [2.75, 3.05) is 17.6 Å². The van der Waals surface area contributed by atoms with E-state index in [0.29, 0.717) is 11.9 Å². The lowest BCUT2D eigenvalue weighted by atomic mass is 10.00. The first-order valence-corrected chi connectivity index (χ1v) is 8.22. The summed E-state index contributed by atoms with van der Waals surface area (Å²) in [7, 11) is -3.44. The standard InChI is InChI=1S/C12H20N4O2S/c1-9-2-3-10(6-9)11-7-15-12(16-8-11)14-4-5-19(13,17)18/h7-10H,2-6H2,1H3,(H2,13,17,18)(H,14,15,16)/t9?,10-/m1/s1. The lowest BCUT2D eigenvalue weighted by Gasteiger charge is -2.10. The van der Waals surface area contributed by atoms with Gasteiger partial charge < -0.3 is 5.32 Å². The maximum absolute atomic E-state index is 10.8. The van der Waals surface area contributed by atoms with Crippen LogP contribution in [-0.2, 0) is 10.0 Å². The van der Waals surface area contributed by atoms with Crippen LogP contribution in [0.5, 0.6) is 0 Å². The minimum atomic E-state index is -3.44. The molecule has 1 aromatic rings. The van der Waals surface area contributed by atoms with Crippen LogP contribution >= 0.6 is 0 Å². The van der Waals surface area contributed by atoms with Gasteiger partial charge in [0.05, 0.1) is 5.75 Å². The summed E-state index contributed by atoms with van der Waals surface area (Å²) in [5, 5.41) is 7.76. The second-order valence-corrected chi connectivity index (χ2v) is 6.98. The van der Waals surface area contributed by atoms with Crippen LogP contribution in [0.1, 0.15) is 37.7 Å². The van der Waals surface area contributed by atoms with Crippen molar-refractivity contribution in [3.63, 3.8) is 0 Å². The molecule has 1 heterocycles. The Morgan fingerprint density at radius 3 is 2.58 bits per heavy atom. The van der Waals surface area contributed by atoms with Crippen LogP contribution in [0, 0.1) is 5.92 Å². The van der Waals surface area contributed by atoms with Crippen molar-refractivity contribution in [1.29, 1.82) is 0 Å². The molecule has 106 valence electrons. The van der Waals surface area contributed by atoms with Gasteiger partial charge in [0, 0.05) is 18.9 Å². The van der Waals surface area contributed by atoms with Crippen molar-refractivity contribution in [3.8, 4) is 0 Å². The molecule has 1 unspecified atom stereocenters. The Bertz CT molecular complexity index is 515. The van der Waals surface area contributed by atoms with Gasteiger partial charge in [0.15, 0.2) is 0 Å². The Labute approximate surface area is 113 Å². The maximum atomic E-state index is 10.8. The molecule has 2 atom stereocenters. The number of primary sulfonamides is 1. The number of aromatic nitrogens is 2. The van der Waals surface area contributed by atoms with Gasteiger partial charge >= 0.3 is 0 Å². The monoisotopic (exact) mass is 284 g/mol. The van der Waals surface area contributed by atoms with Crippen LogP contribution in [-0.4, -0.2) is 30.7 Å². The van der Waals surface area contributed by atoms with Crippen molar-refractivity contribution in [1.82, 2.24) is 9.97 Å². The highest BCUT2D eigenvalue weighted by molar-refractivity contribution is 7.89. The predicted molar refractivity (Wildman–Crippen MR) is 74.3 cm³/mol. The van der Waals surface area contributed by atoms with E-state index in [1.807, 2.05) is 12.4 Å². The fraction of sp³-hybridized carbons (Fsp3) is 0.667. The number of nitrogens with one attached hydrogen (secondary N) is 1. The molecule has 1 fully saturated rings. The van der Waals surface area contributed by atoms with Crippen molar-refractivity contribution >= 4 is 16.0 Å². The maximum Gasteiger partial charge on any atom is 0.222 e. The van der Waals surface area contributed by atoms with E-state index < -0.39 is 10.0 Å². The smallest absolute Gasteiger partial charge is 0.222 e. The predicted octanol–water partition coefficient (Wildman–Crippen LogP) is 1.08. The number of nitrogens with two attached hydrogens (primary N) is 1. The van der Waals surface area contributed by atoms with E-state index in [-0.39, 0.29) is 12.3 Å². The summed E-state index contributed by atoms with van der Waals surface area (Å²) < 4.78 is 21.6. The van der Waals surface area contributed by atoms with Gasteiger partial charge in [0.2, 0.25) is 16.0 Å². The summed E-state index contributed by atoms with van der Waals surface area (Å²) in [6, 6.07) is 0. The average molecular weight is 284 g/mol. The van der Waals surface area contributed by atoms with Crippen molar-refractivity contribution < 1.29 is 8.42 Å². The normalized spacial score (nSPS) is 23.5. The van der Waals surface area contributed by atoms with Crippen molar-refractivity contribution in [3.05, 3.63) is 18.0 Å². The number of nitrogens with zero attached hydrogens (tertiary/aromatic N) is 2. The third-order valence-corrected chi connectivity index (χ3v) is 4.28. The lowest BCUT2D eigenvalue weighted by molar-refractivity contribution is 0.595. The van der Waals surface area contributed by atoms with Gasteiger partial charge in [-0.05, 0) is 30.2 Å². The minimum absolute atomic E-state index is 0.127. The van der Waals surface area contributed by atoms with Crippen LogP contribution in [0.25, 0.3) is 0 Å². The molecule has 3 N–H and O–H groups in total. The largest absolute Gasteiger partial charge is 0.353 e. The zero-order valence-corrected chi connectivity index (χ0v) is 11.9. The molecular weight excluding hydrogens is 264 g/mol. The van der Waals surface area contributed by atoms with Crippen LogP contribution in [0.2, 0.25) is 0 Å². The molecule has 6 nitrogen and oxygen atoms in total. The zero-order chi connectivity index (χ0) is 13.9. The van der Waals surface area contributed by atoms with E-state index in [1.54, 1.807) is 0 Å². The molecule has 1 aromatic heterocycles. The third-order valence-electron chi connectivity index (χ3n) is 3.51. The first-order chi connectivity index (χ1) is 8.94.